The van der Waals surface area contributed by atoms with Crippen molar-refractivity contribution in [1.29, 1.82) is 0 Å². The van der Waals surface area contributed by atoms with Crippen LogP contribution in [0.3, 0.4) is 0 Å². The van der Waals surface area contributed by atoms with Gasteiger partial charge in [0.15, 0.2) is 0 Å². The summed E-state index contributed by atoms with van der Waals surface area (Å²) in [6.45, 7) is 3.26. The lowest BCUT2D eigenvalue weighted by Gasteiger charge is -2.12. The van der Waals surface area contributed by atoms with Crippen LogP contribution >= 0.6 is 0 Å². The van der Waals surface area contributed by atoms with Crippen molar-refractivity contribution in [2.75, 3.05) is 23.8 Å². The number of urea groups is 1. The van der Waals surface area contributed by atoms with Crippen molar-refractivity contribution in [2.45, 2.75) is 38.7 Å². The van der Waals surface area contributed by atoms with Crippen molar-refractivity contribution in [3.05, 3.63) is 60.0 Å². The Bertz CT molecular complexity index is 1070. The van der Waals surface area contributed by atoms with Gasteiger partial charge in [-0.1, -0.05) is 17.7 Å². The summed E-state index contributed by atoms with van der Waals surface area (Å²) in [5, 5.41) is 16.5. The van der Waals surface area contributed by atoms with E-state index >= 15 is 0 Å². The average Bonchev–Trinajstić information content (AvgIpc) is 3.51. The SMILES string of the molecule is Cc1ccc(-c2nnc(CCC(=O)Nc3ccc(NC(=O)NCC4CCCO4)cc3)o2)cc1. The van der Waals surface area contributed by atoms with Gasteiger partial charge in [-0.15, -0.1) is 10.2 Å². The maximum Gasteiger partial charge on any atom is 0.319 e. The Morgan fingerprint density at radius 3 is 2.42 bits per heavy atom. The minimum absolute atomic E-state index is 0.0923. The molecule has 0 spiro atoms. The fourth-order valence-electron chi connectivity index (χ4n) is 3.44. The first kappa shape index (κ1) is 22.5. The highest BCUT2D eigenvalue weighted by molar-refractivity contribution is 5.92. The van der Waals surface area contributed by atoms with E-state index in [9.17, 15) is 9.59 Å². The minimum atomic E-state index is -0.285. The Labute approximate surface area is 191 Å². The molecule has 1 aliphatic heterocycles. The number of anilines is 2. The molecule has 3 N–H and O–H groups in total. The van der Waals surface area contributed by atoms with Crippen LogP contribution in [-0.2, 0) is 16.0 Å². The molecule has 0 bridgehead atoms. The Morgan fingerprint density at radius 2 is 1.73 bits per heavy atom. The third-order valence-electron chi connectivity index (χ3n) is 5.27. The van der Waals surface area contributed by atoms with Crippen molar-refractivity contribution >= 4 is 23.3 Å². The van der Waals surface area contributed by atoms with Crippen LogP contribution in [0.25, 0.3) is 11.5 Å². The fraction of sp³-hybridized carbons (Fsp3) is 0.333. The van der Waals surface area contributed by atoms with E-state index < -0.39 is 0 Å². The van der Waals surface area contributed by atoms with Crippen LogP contribution in [0.15, 0.2) is 52.9 Å². The summed E-state index contributed by atoms with van der Waals surface area (Å²) in [6, 6.07) is 14.4. The maximum atomic E-state index is 12.3. The van der Waals surface area contributed by atoms with Crippen LogP contribution in [0, 0.1) is 6.92 Å². The molecule has 2 aromatic carbocycles. The number of aromatic nitrogens is 2. The lowest BCUT2D eigenvalue weighted by molar-refractivity contribution is -0.116. The molecule has 0 aliphatic carbocycles. The first-order chi connectivity index (χ1) is 16.0. The van der Waals surface area contributed by atoms with E-state index in [-0.39, 0.29) is 24.5 Å². The average molecular weight is 450 g/mol. The molecular weight excluding hydrogens is 422 g/mol. The second kappa shape index (κ2) is 10.7. The first-order valence-electron chi connectivity index (χ1n) is 11.0. The minimum Gasteiger partial charge on any atom is -0.421 e. The van der Waals surface area contributed by atoms with Gasteiger partial charge in [-0.3, -0.25) is 4.79 Å². The monoisotopic (exact) mass is 449 g/mol. The van der Waals surface area contributed by atoms with Gasteiger partial charge >= 0.3 is 6.03 Å². The summed E-state index contributed by atoms with van der Waals surface area (Å²) in [6.07, 6.45) is 2.64. The Morgan fingerprint density at radius 1 is 1.00 bits per heavy atom. The summed E-state index contributed by atoms with van der Waals surface area (Å²) in [5.41, 5.74) is 3.26. The number of nitrogens with zero attached hydrogens (tertiary/aromatic N) is 2. The molecule has 3 aromatic rings. The van der Waals surface area contributed by atoms with E-state index in [1.165, 1.54) is 0 Å². The largest absolute Gasteiger partial charge is 0.421 e. The molecular formula is C24H27N5O4. The van der Waals surface area contributed by atoms with E-state index in [2.05, 4.69) is 26.1 Å². The first-order valence-corrected chi connectivity index (χ1v) is 11.0. The van der Waals surface area contributed by atoms with E-state index in [1.54, 1.807) is 24.3 Å². The van der Waals surface area contributed by atoms with E-state index in [1.807, 2.05) is 31.2 Å². The molecule has 9 nitrogen and oxygen atoms in total. The van der Waals surface area contributed by atoms with Crippen LogP contribution in [0.4, 0.5) is 16.2 Å². The number of nitrogens with one attached hydrogen (secondary N) is 3. The van der Waals surface area contributed by atoms with Crippen LogP contribution in [-0.4, -0.2) is 41.4 Å². The third kappa shape index (κ3) is 6.63. The summed E-state index contributed by atoms with van der Waals surface area (Å²) in [5.74, 6) is 0.683. The molecule has 2 heterocycles. The molecule has 0 saturated carbocycles. The number of amides is 3. The lowest BCUT2D eigenvalue weighted by Crippen LogP contribution is -2.35. The zero-order valence-electron chi connectivity index (χ0n) is 18.5. The molecule has 4 rings (SSSR count). The van der Waals surface area contributed by atoms with E-state index in [0.29, 0.717) is 36.1 Å². The molecule has 3 amide bonds. The smallest absolute Gasteiger partial charge is 0.319 e. The predicted octanol–water partition coefficient (Wildman–Crippen LogP) is 3.92. The van der Waals surface area contributed by atoms with Gasteiger partial charge < -0.3 is 25.1 Å². The maximum absolute atomic E-state index is 12.3. The highest BCUT2D eigenvalue weighted by Gasteiger charge is 2.16. The summed E-state index contributed by atoms with van der Waals surface area (Å²) >= 11 is 0. The molecule has 1 aliphatic rings. The number of carbonyl (C=O) groups is 2. The second-order valence-corrected chi connectivity index (χ2v) is 7.96. The number of aryl methyl sites for hydroxylation is 2. The predicted molar refractivity (Wildman–Crippen MR) is 124 cm³/mol. The van der Waals surface area contributed by atoms with Crippen LogP contribution < -0.4 is 16.0 Å². The van der Waals surface area contributed by atoms with Gasteiger partial charge in [0.1, 0.15) is 0 Å². The highest BCUT2D eigenvalue weighted by Crippen LogP contribution is 2.19. The Hall–Kier alpha value is -3.72. The van der Waals surface area contributed by atoms with Gasteiger partial charge in [0.05, 0.1) is 6.10 Å². The zero-order valence-corrected chi connectivity index (χ0v) is 18.5. The summed E-state index contributed by atoms with van der Waals surface area (Å²) in [7, 11) is 0. The van der Waals surface area contributed by atoms with Gasteiger partial charge in [0.2, 0.25) is 17.7 Å². The van der Waals surface area contributed by atoms with Gasteiger partial charge in [0.25, 0.3) is 0 Å². The number of ether oxygens (including phenoxy) is 1. The van der Waals surface area contributed by atoms with Crippen LogP contribution in [0.2, 0.25) is 0 Å². The molecule has 0 radical (unpaired) electrons. The summed E-state index contributed by atoms with van der Waals surface area (Å²) < 4.78 is 11.1. The third-order valence-corrected chi connectivity index (χ3v) is 5.27. The summed E-state index contributed by atoms with van der Waals surface area (Å²) in [4.78, 5) is 24.3. The Balaban J connectivity index is 1.20. The molecule has 172 valence electrons. The quantitative estimate of drug-likeness (QED) is 0.480. The van der Waals surface area contributed by atoms with Gasteiger partial charge in [-0.2, -0.15) is 0 Å². The lowest BCUT2D eigenvalue weighted by atomic mass is 10.1. The standard InChI is InChI=1S/C24H27N5O4/c1-16-4-6-17(7-5-16)23-29-28-22(33-23)13-12-21(30)26-18-8-10-19(11-9-18)27-24(31)25-15-20-3-2-14-32-20/h4-11,20H,2-3,12-15H2,1H3,(H,26,30)(H2,25,27,31). The van der Waals surface area contributed by atoms with Crippen molar-refractivity contribution in [3.63, 3.8) is 0 Å². The number of hydrogen-bond acceptors (Lipinski definition) is 6. The van der Waals surface area contributed by atoms with Gasteiger partial charge in [-0.05, 0) is 56.2 Å². The molecule has 1 unspecified atom stereocenters. The van der Waals surface area contributed by atoms with Crippen molar-refractivity contribution in [1.82, 2.24) is 15.5 Å². The molecule has 1 aromatic heterocycles. The molecule has 1 saturated heterocycles. The number of benzene rings is 2. The van der Waals surface area contributed by atoms with Crippen LogP contribution in [0.5, 0.6) is 0 Å². The van der Waals surface area contributed by atoms with Crippen LogP contribution in [0.1, 0.15) is 30.7 Å². The molecule has 1 fully saturated rings. The number of rotatable bonds is 8. The number of hydrogen-bond donors (Lipinski definition) is 3. The molecule has 33 heavy (non-hydrogen) atoms. The zero-order chi connectivity index (χ0) is 23.0. The van der Waals surface area contributed by atoms with E-state index in [0.717, 1.165) is 30.6 Å². The van der Waals surface area contributed by atoms with E-state index in [4.69, 9.17) is 9.15 Å². The highest BCUT2D eigenvalue weighted by atomic mass is 16.5. The van der Waals surface area contributed by atoms with Crippen molar-refractivity contribution in [2.24, 2.45) is 0 Å². The normalized spacial score (nSPS) is 15.2. The van der Waals surface area contributed by atoms with Gasteiger partial charge in [-0.25, -0.2) is 4.79 Å². The molecule has 9 heteroatoms. The van der Waals surface area contributed by atoms with Crippen molar-refractivity contribution < 1.29 is 18.7 Å². The fourth-order valence-corrected chi connectivity index (χ4v) is 3.44. The van der Waals surface area contributed by atoms with Crippen molar-refractivity contribution in [3.8, 4) is 11.5 Å². The number of carbonyl (C=O) groups excluding carboxylic acids is 2. The molecule has 1 atom stereocenters. The second-order valence-electron chi connectivity index (χ2n) is 7.96. The topological polar surface area (TPSA) is 118 Å². The van der Waals surface area contributed by atoms with Gasteiger partial charge in [0, 0.05) is 42.9 Å². The Kier molecular flexibility index (Phi) is 7.31.